The lowest BCUT2D eigenvalue weighted by atomic mass is 10.1. The SMILES string of the molecule is Clc1ccccc1-c1ccc(Br)cn1. The highest BCUT2D eigenvalue weighted by Gasteiger charge is 2.02. The minimum atomic E-state index is 0.724. The van der Waals surface area contributed by atoms with Crippen LogP contribution in [-0.4, -0.2) is 4.98 Å². The molecule has 0 saturated heterocycles. The first-order chi connectivity index (χ1) is 6.77. The van der Waals surface area contributed by atoms with Crippen molar-refractivity contribution >= 4 is 27.5 Å². The molecule has 0 aliphatic rings. The van der Waals surface area contributed by atoms with Crippen LogP contribution in [0.25, 0.3) is 11.3 Å². The Morgan fingerprint density at radius 3 is 2.50 bits per heavy atom. The van der Waals surface area contributed by atoms with Crippen LogP contribution in [0.1, 0.15) is 0 Å². The Morgan fingerprint density at radius 2 is 1.86 bits per heavy atom. The van der Waals surface area contributed by atoms with E-state index in [0.717, 1.165) is 20.8 Å². The van der Waals surface area contributed by atoms with Gasteiger partial charge >= 0.3 is 0 Å². The summed E-state index contributed by atoms with van der Waals surface area (Å²) in [6, 6.07) is 11.6. The molecule has 0 spiro atoms. The van der Waals surface area contributed by atoms with Crippen molar-refractivity contribution in [3.05, 3.63) is 52.1 Å². The van der Waals surface area contributed by atoms with E-state index in [2.05, 4.69) is 20.9 Å². The average molecular weight is 269 g/mol. The van der Waals surface area contributed by atoms with Crippen LogP contribution in [0.3, 0.4) is 0 Å². The fraction of sp³-hybridized carbons (Fsp3) is 0. The molecule has 0 amide bonds. The van der Waals surface area contributed by atoms with E-state index in [1.165, 1.54) is 0 Å². The van der Waals surface area contributed by atoms with Crippen molar-refractivity contribution in [2.75, 3.05) is 0 Å². The Morgan fingerprint density at radius 1 is 1.07 bits per heavy atom. The summed E-state index contributed by atoms with van der Waals surface area (Å²) in [7, 11) is 0. The molecule has 0 atom stereocenters. The second-order valence-electron chi connectivity index (χ2n) is 2.84. The van der Waals surface area contributed by atoms with Gasteiger partial charge in [-0.2, -0.15) is 0 Å². The van der Waals surface area contributed by atoms with E-state index in [9.17, 15) is 0 Å². The van der Waals surface area contributed by atoms with Gasteiger partial charge in [-0.1, -0.05) is 29.8 Å². The van der Waals surface area contributed by atoms with Gasteiger partial charge in [0, 0.05) is 21.3 Å². The van der Waals surface area contributed by atoms with Crippen LogP contribution in [0.15, 0.2) is 47.1 Å². The summed E-state index contributed by atoms with van der Waals surface area (Å²) in [5, 5.41) is 0.724. The molecule has 0 unspecified atom stereocenters. The monoisotopic (exact) mass is 267 g/mol. The molecule has 0 N–H and O–H groups in total. The van der Waals surface area contributed by atoms with Gasteiger partial charge in [0.05, 0.1) is 5.69 Å². The third kappa shape index (κ3) is 1.97. The maximum atomic E-state index is 6.05. The zero-order valence-electron chi connectivity index (χ0n) is 7.24. The molecule has 0 bridgehead atoms. The van der Waals surface area contributed by atoms with Crippen LogP contribution in [0.2, 0.25) is 5.02 Å². The third-order valence-corrected chi connectivity index (χ3v) is 2.68. The topological polar surface area (TPSA) is 12.9 Å². The molecule has 2 aromatic rings. The molecular formula is C11H7BrClN. The van der Waals surface area contributed by atoms with Gasteiger partial charge in [0.25, 0.3) is 0 Å². The smallest absolute Gasteiger partial charge is 0.0717 e. The molecule has 1 aromatic carbocycles. The van der Waals surface area contributed by atoms with E-state index in [0.29, 0.717) is 0 Å². The molecular weight excluding hydrogens is 261 g/mol. The van der Waals surface area contributed by atoms with Crippen molar-refractivity contribution in [1.82, 2.24) is 4.98 Å². The molecule has 1 heterocycles. The molecule has 0 fully saturated rings. The number of aromatic nitrogens is 1. The molecule has 1 nitrogen and oxygen atoms in total. The normalized spacial score (nSPS) is 10.1. The molecule has 0 radical (unpaired) electrons. The van der Waals surface area contributed by atoms with Crippen LogP contribution >= 0.6 is 27.5 Å². The molecule has 14 heavy (non-hydrogen) atoms. The Bertz CT molecular complexity index is 439. The summed E-state index contributed by atoms with van der Waals surface area (Å²) < 4.78 is 0.966. The second-order valence-corrected chi connectivity index (χ2v) is 4.16. The van der Waals surface area contributed by atoms with Gasteiger partial charge in [-0.3, -0.25) is 4.98 Å². The summed E-state index contributed by atoms with van der Waals surface area (Å²) in [6.45, 7) is 0. The summed E-state index contributed by atoms with van der Waals surface area (Å²) >= 11 is 9.39. The lowest BCUT2D eigenvalue weighted by Gasteiger charge is -2.02. The molecule has 0 aliphatic carbocycles. The maximum Gasteiger partial charge on any atom is 0.0717 e. The lowest BCUT2D eigenvalue weighted by Crippen LogP contribution is -1.83. The highest BCUT2D eigenvalue weighted by molar-refractivity contribution is 9.10. The zero-order chi connectivity index (χ0) is 9.97. The van der Waals surface area contributed by atoms with E-state index < -0.39 is 0 Å². The van der Waals surface area contributed by atoms with Crippen LogP contribution in [0.4, 0.5) is 0 Å². The first-order valence-electron chi connectivity index (χ1n) is 4.14. The first-order valence-corrected chi connectivity index (χ1v) is 5.31. The number of halogens is 2. The highest BCUT2D eigenvalue weighted by Crippen LogP contribution is 2.26. The number of rotatable bonds is 1. The van der Waals surface area contributed by atoms with Crippen molar-refractivity contribution < 1.29 is 0 Å². The van der Waals surface area contributed by atoms with E-state index >= 15 is 0 Å². The quantitative estimate of drug-likeness (QED) is 0.756. The van der Waals surface area contributed by atoms with Crippen molar-refractivity contribution in [2.24, 2.45) is 0 Å². The number of hydrogen-bond donors (Lipinski definition) is 0. The van der Waals surface area contributed by atoms with Gasteiger partial charge < -0.3 is 0 Å². The maximum absolute atomic E-state index is 6.05. The molecule has 1 aromatic heterocycles. The fourth-order valence-electron chi connectivity index (χ4n) is 1.20. The molecule has 3 heteroatoms. The van der Waals surface area contributed by atoms with Gasteiger partial charge in [-0.05, 0) is 34.1 Å². The molecule has 0 aliphatic heterocycles. The average Bonchev–Trinajstić information content (AvgIpc) is 2.20. The molecule has 2 rings (SSSR count). The number of hydrogen-bond acceptors (Lipinski definition) is 1. The third-order valence-electron chi connectivity index (χ3n) is 1.88. The number of nitrogens with zero attached hydrogens (tertiary/aromatic N) is 1. The number of pyridine rings is 1. The van der Waals surface area contributed by atoms with Gasteiger partial charge in [0.2, 0.25) is 0 Å². The Kier molecular flexibility index (Phi) is 2.85. The van der Waals surface area contributed by atoms with E-state index in [1.54, 1.807) is 6.20 Å². The van der Waals surface area contributed by atoms with Gasteiger partial charge in [-0.15, -0.1) is 0 Å². The van der Waals surface area contributed by atoms with Crippen molar-refractivity contribution in [1.29, 1.82) is 0 Å². The summed E-state index contributed by atoms with van der Waals surface area (Å²) in [4.78, 5) is 4.28. The predicted octanol–water partition coefficient (Wildman–Crippen LogP) is 4.16. The van der Waals surface area contributed by atoms with Crippen molar-refractivity contribution in [2.45, 2.75) is 0 Å². The summed E-state index contributed by atoms with van der Waals surface area (Å²) in [5.41, 5.74) is 1.85. The Labute approximate surface area is 95.9 Å². The van der Waals surface area contributed by atoms with E-state index in [1.807, 2.05) is 36.4 Å². The van der Waals surface area contributed by atoms with Crippen LogP contribution in [0, 0.1) is 0 Å². The molecule has 0 saturated carbocycles. The van der Waals surface area contributed by atoms with Crippen molar-refractivity contribution in [3.8, 4) is 11.3 Å². The first kappa shape index (κ1) is 9.69. The largest absolute Gasteiger partial charge is 0.255 e. The Hall–Kier alpha value is -0.860. The highest BCUT2D eigenvalue weighted by atomic mass is 79.9. The van der Waals surface area contributed by atoms with Gasteiger partial charge in [-0.25, -0.2) is 0 Å². The van der Waals surface area contributed by atoms with E-state index in [-0.39, 0.29) is 0 Å². The summed E-state index contributed by atoms with van der Waals surface area (Å²) in [5.74, 6) is 0. The zero-order valence-corrected chi connectivity index (χ0v) is 9.59. The number of benzene rings is 1. The molecule has 70 valence electrons. The Balaban J connectivity index is 2.50. The van der Waals surface area contributed by atoms with Gasteiger partial charge in [0.1, 0.15) is 0 Å². The van der Waals surface area contributed by atoms with E-state index in [4.69, 9.17) is 11.6 Å². The minimum absolute atomic E-state index is 0.724. The van der Waals surface area contributed by atoms with Crippen LogP contribution < -0.4 is 0 Å². The minimum Gasteiger partial charge on any atom is -0.255 e. The van der Waals surface area contributed by atoms with Crippen LogP contribution in [0.5, 0.6) is 0 Å². The van der Waals surface area contributed by atoms with Crippen molar-refractivity contribution in [3.63, 3.8) is 0 Å². The fourth-order valence-corrected chi connectivity index (χ4v) is 1.67. The standard InChI is InChI=1S/C11H7BrClN/c12-8-5-6-11(14-7-8)9-3-1-2-4-10(9)13/h1-7H. The lowest BCUT2D eigenvalue weighted by molar-refractivity contribution is 1.31. The second kappa shape index (κ2) is 4.11. The van der Waals surface area contributed by atoms with Crippen LogP contribution in [-0.2, 0) is 0 Å². The van der Waals surface area contributed by atoms with Gasteiger partial charge in [0.15, 0.2) is 0 Å². The summed E-state index contributed by atoms with van der Waals surface area (Å²) in [6.07, 6.45) is 1.76. The predicted molar refractivity (Wildman–Crippen MR) is 62.4 cm³/mol.